The summed E-state index contributed by atoms with van der Waals surface area (Å²) in [6, 6.07) is 1.64. The van der Waals surface area contributed by atoms with Gasteiger partial charge >= 0.3 is 0 Å². The summed E-state index contributed by atoms with van der Waals surface area (Å²) in [6.07, 6.45) is 1.89. The number of nitrogens with zero attached hydrogens (tertiary/aromatic N) is 1. The molecule has 0 aliphatic rings. The maximum absolute atomic E-state index is 10.7. The van der Waals surface area contributed by atoms with Gasteiger partial charge in [-0.1, -0.05) is 13.8 Å². The SMILES string of the molecule is CC(C)c1cc(C=O)c(O)c2ncoc12. The number of fused-ring (bicyclic) bond motifs is 1. The molecule has 0 saturated carbocycles. The van der Waals surface area contributed by atoms with Crippen LogP contribution >= 0.6 is 0 Å². The van der Waals surface area contributed by atoms with Crippen LogP contribution in [0.4, 0.5) is 0 Å². The van der Waals surface area contributed by atoms with E-state index < -0.39 is 0 Å². The Hall–Kier alpha value is -1.84. The average Bonchev–Trinajstić information content (AvgIpc) is 2.67. The third kappa shape index (κ3) is 1.38. The molecule has 0 bridgehead atoms. The molecule has 15 heavy (non-hydrogen) atoms. The number of carbonyl (C=O) groups excluding carboxylic acids is 1. The fourth-order valence-electron chi connectivity index (χ4n) is 1.58. The van der Waals surface area contributed by atoms with Crippen molar-refractivity contribution in [1.29, 1.82) is 0 Å². The summed E-state index contributed by atoms with van der Waals surface area (Å²) in [5.41, 5.74) is 2.03. The Morgan fingerprint density at radius 1 is 1.53 bits per heavy atom. The lowest BCUT2D eigenvalue weighted by atomic mass is 9.99. The Morgan fingerprint density at radius 3 is 2.87 bits per heavy atom. The molecule has 1 N–H and O–H groups in total. The van der Waals surface area contributed by atoms with Gasteiger partial charge in [0.25, 0.3) is 0 Å². The van der Waals surface area contributed by atoms with Crippen LogP contribution < -0.4 is 0 Å². The second kappa shape index (κ2) is 3.38. The van der Waals surface area contributed by atoms with Gasteiger partial charge in [-0.3, -0.25) is 4.79 Å². The van der Waals surface area contributed by atoms with Gasteiger partial charge in [-0.05, 0) is 12.0 Å². The normalized spacial score (nSPS) is 11.1. The molecule has 78 valence electrons. The minimum absolute atomic E-state index is 0.113. The highest BCUT2D eigenvalue weighted by Crippen LogP contribution is 2.33. The standard InChI is InChI=1S/C11H11NO3/c1-6(2)8-3-7(4-13)10(14)9-11(8)15-5-12-9/h3-6,14H,1-2H3. The molecule has 0 aliphatic carbocycles. The summed E-state index contributed by atoms with van der Waals surface area (Å²) in [4.78, 5) is 14.6. The van der Waals surface area contributed by atoms with Gasteiger partial charge in [0, 0.05) is 5.56 Å². The quantitative estimate of drug-likeness (QED) is 0.765. The number of aromatic nitrogens is 1. The fourth-order valence-corrected chi connectivity index (χ4v) is 1.58. The molecule has 0 radical (unpaired) electrons. The Morgan fingerprint density at radius 2 is 2.27 bits per heavy atom. The first-order valence-electron chi connectivity index (χ1n) is 4.69. The van der Waals surface area contributed by atoms with Crippen LogP contribution in [0.3, 0.4) is 0 Å². The van der Waals surface area contributed by atoms with Gasteiger partial charge in [0.2, 0.25) is 0 Å². The minimum Gasteiger partial charge on any atom is -0.505 e. The molecule has 2 rings (SSSR count). The molecule has 0 saturated heterocycles. The maximum Gasteiger partial charge on any atom is 0.182 e. The third-order valence-corrected chi connectivity index (χ3v) is 2.39. The summed E-state index contributed by atoms with van der Waals surface area (Å²) in [5.74, 6) is 0.0953. The van der Waals surface area contributed by atoms with Gasteiger partial charge in [0.1, 0.15) is 0 Å². The molecule has 4 nitrogen and oxygen atoms in total. The predicted molar refractivity (Wildman–Crippen MR) is 55.2 cm³/mol. The molecule has 4 heteroatoms. The van der Waals surface area contributed by atoms with Crippen molar-refractivity contribution in [3.05, 3.63) is 23.6 Å². The zero-order valence-electron chi connectivity index (χ0n) is 8.52. The largest absolute Gasteiger partial charge is 0.505 e. The van der Waals surface area contributed by atoms with Crippen molar-refractivity contribution in [2.45, 2.75) is 19.8 Å². The number of hydrogen-bond donors (Lipinski definition) is 1. The van der Waals surface area contributed by atoms with Gasteiger partial charge in [0.15, 0.2) is 29.5 Å². The Labute approximate surface area is 86.5 Å². The molecular formula is C11H11NO3. The summed E-state index contributed by atoms with van der Waals surface area (Å²) >= 11 is 0. The zero-order chi connectivity index (χ0) is 11.0. The molecular weight excluding hydrogens is 194 g/mol. The third-order valence-electron chi connectivity index (χ3n) is 2.39. The molecule has 0 spiro atoms. The minimum atomic E-state index is -0.113. The molecule has 1 aromatic carbocycles. The van der Waals surface area contributed by atoms with Gasteiger partial charge in [-0.15, -0.1) is 0 Å². The van der Waals surface area contributed by atoms with Crippen molar-refractivity contribution >= 4 is 17.4 Å². The van der Waals surface area contributed by atoms with Crippen LogP contribution in [0.15, 0.2) is 16.9 Å². The highest BCUT2D eigenvalue weighted by molar-refractivity contribution is 5.93. The number of rotatable bonds is 2. The van der Waals surface area contributed by atoms with Gasteiger partial charge in [0.05, 0.1) is 5.56 Å². The number of hydrogen-bond acceptors (Lipinski definition) is 4. The monoisotopic (exact) mass is 205 g/mol. The van der Waals surface area contributed by atoms with E-state index in [0.29, 0.717) is 17.4 Å². The van der Waals surface area contributed by atoms with Crippen LogP contribution in [0, 0.1) is 0 Å². The lowest BCUT2D eigenvalue weighted by Crippen LogP contribution is -1.92. The van der Waals surface area contributed by atoms with E-state index in [4.69, 9.17) is 4.42 Å². The van der Waals surface area contributed by atoms with Crippen molar-refractivity contribution in [2.75, 3.05) is 0 Å². The number of benzene rings is 1. The molecule has 1 heterocycles. The first-order chi connectivity index (χ1) is 7.15. The van der Waals surface area contributed by atoms with Crippen LogP contribution in [-0.2, 0) is 0 Å². The van der Waals surface area contributed by atoms with Crippen molar-refractivity contribution < 1.29 is 14.3 Å². The van der Waals surface area contributed by atoms with E-state index >= 15 is 0 Å². The van der Waals surface area contributed by atoms with Crippen LogP contribution in [-0.4, -0.2) is 16.4 Å². The molecule has 1 aromatic heterocycles. The number of carbonyl (C=O) groups is 1. The summed E-state index contributed by atoms with van der Waals surface area (Å²) in [5, 5.41) is 9.69. The van der Waals surface area contributed by atoms with Gasteiger partial charge in [-0.2, -0.15) is 0 Å². The Bertz CT molecular complexity index is 514. The van der Waals surface area contributed by atoms with Crippen LogP contribution in [0.1, 0.15) is 35.7 Å². The van der Waals surface area contributed by atoms with E-state index in [1.165, 1.54) is 6.39 Å². The second-order valence-electron chi connectivity index (χ2n) is 3.71. The summed E-state index contributed by atoms with van der Waals surface area (Å²) < 4.78 is 5.20. The predicted octanol–water partition coefficient (Wildman–Crippen LogP) is 2.47. The first-order valence-corrected chi connectivity index (χ1v) is 4.69. The maximum atomic E-state index is 10.7. The fraction of sp³-hybridized carbons (Fsp3) is 0.273. The number of aldehydes is 1. The van der Waals surface area contributed by atoms with E-state index in [0.717, 1.165) is 5.56 Å². The van der Waals surface area contributed by atoms with Crippen LogP contribution in [0.25, 0.3) is 11.1 Å². The molecule has 2 aromatic rings. The van der Waals surface area contributed by atoms with E-state index in [-0.39, 0.29) is 17.2 Å². The molecule has 0 unspecified atom stereocenters. The van der Waals surface area contributed by atoms with Crippen molar-refractivity contribution in [1.82, 2.24) is 4.98 Å². The molecule has 0 amide bonds. The zero-order valence-corrected chi connectivity index (χ0v) is 8.52. The van der Waals surface area contributed by atoms with E-state index in [1.807, 2.05) is 13.8 Å². The van der Waals surface area contributed by atoms with Crippen molar-refractivity contribution in [2.24, 2.45) is 0 Å². The smallest absolute Gasteiger partial charge is 0.182 e. The number of oxazole rings is 1. The Balaban J connectivity index is 2.85. The lowest BCUT2D eigenvalue weighted by molar-refractivity contribution is 0.112. The van der Waals surface area contributed by atoms with Crippen molar-refractivity contribution in [3.63, 3.8) is 0 Å². The number of aromatic hydroxyl groups is 1. The highest BCUT2D eigenvalue weighted by Gasteiger charge is 2.16. The van der Waals surface area contributed by atoms with Gasteiger partial charge < -0.3 is 9.52 Å². The molecule has 0 fully saturated rings. The summed E-state index contributed by atoms with van der Waals surface area (Å²) in [7, 11) is 0. The number of phenols is 1. The average molecular weight is 205 g/mol. The Kier molecular flexibility index (Phi) is 2.19. The first kappa shape index (κ1) is 9.71. The topological polar surface area (TPSA) is 63.3 Å². The lowest BCUT2D eigenvalue weighted by Gasteiger charge is -2.07. The summed E-state index contributed by atoms with van der Waals surface area (Å²) in [6.45, 7) is 3.98. The molecule has 0 aliphatic heterocycles. The van der Waals surface area contributed by atoms with E-state index in [9.17, 15) is 9.90 Å². The van der Waals surface area contributed by atoms with E-state index in [2.05, 4.69) is 4.98 Å². The van der Waals surface area contributed by atoms with Crippen LogP contribution in [0.5, 0.6) is 5.75 Å². The molecule has 0 atom stereocenters. The van der Waals surface area contributed by atoms with Crippen LogP contribution in [0.2, 0.25) is 0 Å². The highest BCUT2D eigenvalue weighted by atomic mass is 16.3. The number of phenolic OH excluding ortho intramolecular Hbond substituents is 1. The van der Waals surface area contributed by atoms with E-state index in [1.54, 1.807) is 6.07 Å². The second-order valence-corrected chi connectivity index (χ2v) is 3.71. The van der Waals surface area contributed by atoms with Gasteiger partial charge in [-0.25, -0.2) is 4.98 Å². The van der Waals surface area contributed by atoms with Crippen molar-refractivity contribution in [3.8, 4) is 5.75 Å².